The third-order valence-electron chi connectivity index (χ3n) is 7.92. The van der Waals surface area contributed by atoms with E-state index in [0.29, 0.717) is 18.0 Å². The highest BCUT2D eigenvalue weighted by molar-refractivity contribution is 6.74. The smallest absolute Gasteiger partial charge is 0.414 e. The predicted molar refractivity (Wildman–Crippen MR) is 132 cm³/mol. The molecule has 3 rings (SSSR count). The first-order valence-electron chi connectivity index (χ1n) is 11.5. The van der Waals surface area contributed by atoms with Gasteiger partial charge >= 0.3 is 7.12 Å². The first-order valence-corrected chi connectivity index (χ1v) is 14.9. The van der Waals surface area contributed by atoms with Gasteiger partial charge in [0.05, 0.1) is 11.2 Å². The Morgan fingerprint density at radius 3 is 2.13 bits per heavy atom. The predicted octanol–water partition coefficient (Wildman–Crippen LogP) is 5.03. The van der Waals surface area contributed by atoms with Gasteiger partial charge < -0.3 is 24.4 Å². The maximum absolute atomic E-state index is 6.66. The zero-order valence-corrected chi connectivity index (χ0v) is 22.5. The Morgan fingerprint density at radius 1 is 1.13 bits per heavy atom. The van der Waals surface area contributed by atoms with Gasteiger partial charge in [-0.25, -0.2) is 4.99 Å². The van der Waals surface area contributed by atoms with E-state index in [1.54, 1.807) is 0 Å². The summed E-state index contributed by atoms with van der Waals surface area (Å²) in [4.78, 5) is 6.63. The van der Waals surface area contributed by atoms with Gasteiger partial charge in [-0.15, -0.1) is 0 Å². The maximum atomic E-state index is 6.66. The molecular formula is C22H41BClN3O3Si. The lowest BCUT2D eigenvalue weighted by molar-refractivity contribution is 0.00578. The quantitative estimate of drug-likeness (QED) is 0.355. The molecule has 0 bridgehead atoms. The molecule has 0 aromatic rings. The molecule has 6 nitrogen and oxygen atoms in total. The van der Waals surface area contributed by atoms with E-state index >= 15 is 0 Å². The molecule has 0 amide bonds. The molecule has 2 heterocycles. The molecule has 9 heteroatoms. The minimum absolute atomic E-state index is 0.227. The lowest BCUT2D eigenvalue weighted by atomic mass is 9.77. The summed E-state index contributed by atoms with van der Waals surface area (Å²) in [5, 5.41) is 0.227. The number of alkyl halides is 1. The van der Waals surface area contributed by atoms with Crippen molar-refractivity contribution in [3.05, 3.63) is 11.7 Å². The Morgan fingerprint density at radius 2 is 1.65 bits per heavy atom. The summed E-state index contributed by atoms with van der Waals surface area (Å²) in [6.45, 7) is 19.7. The summed E-state index contributed by atoms with van der Waals surface area (Å²) >= 11 is 6.61. The van der Waals surface area contributed by atoms with Crippen LogP contribution in [-0.2, 0) is 13.7 Å². The van der Waals surface area contributed by atoms with E-state index in [1.807, 2.05) is 33.9 Å². The van der Waals surface area contributed by atoms with Crippen molar-refractivity contribution in [2.75, 3.05) is 0 Å². The van der Waals surface area contributed by atoms with Crippen molar-refractivity contribution in [3.8, 4) is 0 Å². The molecule has 1 saturated carbocycles. The minimum Gasteiger partial charge on any atom is -0.414 e. The van der Waals surface area contributed by atoms with Gasteiger partial charge in [-0.1, -0.05) is 32.4 Å². The first-order chi connectivity index (χ1) is 14.0. The highest BCUT2D eigenvalue weighted by Gasteiger charge is 2.54. The van der Waals surface area contributed by atoms with Crippen LogP contribution in [0.2, 0.25) is 18.1 Å². The largest absolute Gasteiger partial charge is 0.500 e. The zero-order chi connectivity index (χ0) is 23.4. The summed E-state index contributed by atoms with van der Waals surface area (Å²) in [7, 11) is -2.30. The normalized spacial score (nSPS) is 31.5. The van der Waals surface area contributed by atoms with Crippen molar-refractivity contribution in [1.29, 1.82) is 0 Å². The molecule has 0 radical (unpaired) electrons. The SMILES string of the molecule is CC1(C)OB(C2=CN(C3CCC(O[Si](C)(C)C(C)(C)C)CC3)C(Cl)N=C2N)OC1(C)C. The summed E-state index contributed by atoms with van der Waals surface area (Å²) in [5.74, 6) is 0.393. The fourth-order valence-corrected chi connectivity index (χ4v) is 5.77. The van der Waals surface area contributed by atoms with E-state index in [4.69, 9.17) is 31.1 Å². The van der Waals surface area contributed by atoms with Gasteiger partial charge in [0.2, 0.25) is 0 Å². The number of rotatable bonds is 4. The van der Waals surface area contributed by atoms with Gasteiger partial charge in [-0.05, 0) is 71.5 Å². The lowest BCUT2D eigenvalue weighted by Crippen LogP contribution is -2.48. The van der Waals surface area contributed by atoms with Gasteiger partial charge in [0.25, 0.3) is 0 Å². The summed E-state index contributed by atoms with van der Waals surface area (Å²) in [6.07, 6.45) is 6.46. The molecule has 31 heavy (non-hydrogen) atoms. The molecule has 0 aromatic heterocycles. The van der Waals surface area contributed by atoms with Crippen molar-refractivity contribution in [2.24, 2.45) is 10.7 Å². The molecule has 1 unspecified atom stereocenters. The van der Waals surface area contributed by atoms with Crippen LogP contribution in [0.5, 0.6) is 0 Å². The van der Waals surface area contributed by atoms with Gasteiger partial charge in [0.1, 0.15) is 5.84 Å². The molecular weight excluding hydrogens is 429 g/mol. The van der Waals surface area contributed by atoms with Crippen LogP contribution in [0.1, 0.15) is 74.1 Å². The van der Waals surface area contributed by atoms with Crippen molar-refractivity contribution in [3.63, 3.8) is 0 Å². The third-order valence-corrected chi connectivity index (χ3v) is 12.8. The standard InChI is InChI=1S/C22H41BClN3O3Si/c1-20(2,3)31(8,9)28-16-12-10-15(11-13-16)27-14-17(18(25)26-19(27)24)23-29-21(4,5)22(6,7)30-23/h14-16,19H,10-13H2,1-9H3,(H2,25,26). The van der Waals surface area contributed by atoms with Crippen LogP contribution in [0.15, 0.2) is 16.7 Å². The molecule has 0 spiro atoms. The average Bonchev–Trinajstić information content (AvgIpc) is 2.82. The number of hydrogen-bond donors (Lipinski definition) is 1. The summed E-state index contributed by atoms with van der Waals surface area (Å²) in [5.41, 5.74) is 5.64. The second-order valence-corrected chi connectivity index (χ2v) is 16.9. The first kappa shape index (κ1) is 25.1. The molecule has 176 valence electrons. The molecule has 0 aromatic carbocycles. The van der Waals surface area contributed by atoms with Crippen LogP contribution in [0.25, 0.3) is 0 Å². The highest BCUT2D eigenvalue weighted by Crippen LogP contribution is 2.41. The van der Waals surface area contributed by atoms with Crippen LogP contribution < -0.4 is 5.73 Å². The third kappa shape index (κ3) is 5.03. The second kappa shape index (κ2) is 8.35. The average molecular weight is 470 g/mol. The Balaban J connectivity index is 1.68. The summed E-state index contributed by atoms with van der Waals surface area (Å²) < 4.78 is 19.1. The Hall–Kier alpha value is -0.538. The second-order valence-electron chi connectivity index (χ2n) is 11.8. The molecule has 1 saturated heterocycles. The maximum Gasteiger partial charge on any atom is 0.500 e. The minimum atomic E-state index is -1.76. The number of amidine groups is 1. The number of nitrogens with zero attached hydrogens (tertiary/aromatic N) is 2. The summed E-state index contributed by atoms with van der Waals surface area (Å²) in [6, 6.07) is 0.302. The van der Waals surface area contributed by atoms with E-state index in [-0.39, 0.29) is 5.04 Å². The molecule has 3 aliphatic rings. The Kier molecular flexibility index (Phi) is 6.76. The fraction of sp³-hybridized carbons (Fsp3) is 0.864. The molecule has 1 atom stereocenters. The zero-order valence-electron chi connectivity index (χ0n) is 20.8. The molecule has 2 aliphatic heterocycles. The van der Waals surface area contributed by atoms with Crippen molar-refractivity contribution in [1.82, 2.24) is 4.90 Å². The van der Waals surface area contributed by atoms with Crippen molar-refractivity contribution in [2.45, 2.75) is 121 Å². The van der Waals surface area contributed by atoms with Gasteiger partial charge in [0, 0.05) is 23.8 Å². The number of hydrogen-bond acceptors (Lipinski definition) is 6. The topological polar surface area (TPSA) is 69.3 Å². The van der Waals surface area contributed by atoms with Crippen LogP contribution in [0, 0.1) is 0 Å². The van der Waals surface area contributed by atoms with Crippen LogP contribution >= 0.6 is 11.6 Å². The van der Waals surface area contributed by atoms with Crippen LogP contribution in [0.4, 0.5) is 0 Å². The Labute approximate surface area is 195 Å². The lowest BCUT2D eigenvalue weighted by Gasteiger charge is -2.43. The monoisotopic (exact) mass is 469 g/mol. The molecule has 2 fully saturated rings. The highest BCUT2D eigenvalue weighted by atomic mass is 35.5. The molecule has 1 aliphatic carbocycles. The Bertz CT molecular complexity index is 727. The fourth-order valence-electron chi connectivity index (χ4n) is 4.03. The van der Waals surface area contributed by atoms with E-state index < -0.39 is 32.3 Å². The van der Waals surface area contributed by atoms with E-state index in [0.717, 1.165) is 31.2 Å². The van der Waals surface area contributed by atoms with Gasteiger partial charge in [0.15, 0.2) is 13.9 Å². The number of nitrogens with two attached hydrogens (primary N) is 1. The van der Waals surface area contributed by atoms with Crippen LogP contribution in [0.3, 0.4) is 0 Å². The van der Waals surface area contributed by atoms with Gasteiger partial charge in [-0.3, -0.25) is 0 Å². The molecule has 2 N–H and O–H groups in total. The van der Waals surface area contributed by atoms with Crippen molar-refractivity contribution >= 4 is 32.9 Å². The number of halogens is 1. The van der Waals surface area contributed by atoms with Gasteiger partial charge in [-0.2, -0.15) is 0 Å². The van der Waals surface area contributed by atoms with Crippen LogP contribution in [-0.4, -0.2) is 55.1 Å². The van der Waals surface area contributed by atoms with E-state index in [1.165, 1.54) is 0 Å². The van der Waals surface area contributed by atoms with E-state index in [9.17, 15) is 0 Å². The number of aliphatic imine (C=N–C) groups is 1. The van der Waals surface area contributed by atoms with Crippen molar-refractivity contribution < 1.29 is 13.7 Å². The van der Waals surface area contributed by atoms with E-state index in [2.05, 4.69) is 43.8 Å².